The van der Waals surface area contributed by atoms with Crippen LogP contribution in [0.4, 0.5) is 0 Å². The van der Waals surface area contributed by atoms with Gasteiger partial charge in [-0.05, 0) is 46.7 Å². The number of sulfonamides is 1. The van der Waals surface area contributed by atoms with Crippen molar-refractivity contribution < 1.29 is 22.7 Å². The van der Waals surface area contributed by atoms with Crippen LogP contribution in [-0.2, 0) is 26.1 Å². The molecule has 27 heavy (non-hydrogen) atoms. The van der Waals surface area contributed by atoms with E-state index in [0.29, 0.717) is 19.6 Å². The molecule has 0 aliphatic carbocycles. The minimum atomic E-state index is -3.71. The Morgan fingerprint density at radius 3 is 2.63 bits per heavy atom. The second kappa shape index (κ2) is 8.51. The van der Waals surface area contributed by atoms with Gasteiger partial charge in [0.1, 0.15) is 9.77 Å². The molecular formula is C17H20N2O5S3. The third kappa shape index (κ3) is 4.57. The molecule has 1 aliphatic heterocycles. The number of ether oxygens (including phenoxy) is 1. The summed E-state index contributed by atoms with van der Waals surface area (Å²) in [4.78, 5) is 26.0. The summed E-state index contributed by atoms with van der Waals surface area (Å²) in [7, 11) is -2.08. The first-order valence-electron chi connectivity index (χ1n) is 8.39. The third-order valence-electron chi connectivity index (χ3n) is 4.25. The fourth-order valence-corrected chi connectivity index (χ4v) is 6.23. The molecule has 0 atom stereocenters. The summed E-state index contributed by atoms with van der Waals surface area (Å²) >= 11 is 2.54. The molecule has 0 saturated carbocycles. The topological polar surface area (TPSA) is 84.0 Å². The zero-order valence-electron chi connectivity index (χ0n) is 14.8. The lowest BCUT2D eigenvalue weighted by Crippen LogP contribution is -2.31. The van der Waals surface area contributed by atoms with Crippen LogP contribution in [0.2, 0.25) is 0 Å². The van der Waals surface area contributed by atoms with E-state index in [4.69, 9.17) is 4.74 Å². The minimum absolute atomic E-state index is 0.00943. The Morgan fingerprint density at radius 2 is 1.96 bits per heavy atom. The largest absolute Gasteiger partial charge is 0.451 e. The molecule has 2 aromatic heterocycles. The maximum Gasteiger partial charge on any atom is 0.350 e. The zero-order chi connectivity index (χ0) is 19.4. The molecule has 10 heteroatoms. The Kier molecular flexibility index (Phi) is 6.30. The predicted octanol–water partition coefficient (Wildman–Crippen LogP) is 2.41. The summed E-state index contributed by atoms with van der Waals surface area (Å²) in [5.74, 6) is -1.14. The first kappa shape index (κ1) is 20.0. The average Bonchev–Trinajstić information content (AvgIpc) is 3.41. The van der Waals surface area contributed by atoms with E-state index in [2.05, 4.69) is 0 Å². The normalized spacial score (nSPS) is 15.0. The van der Waals surface area contributed by atoms with Crippen LogP contribution in [0.15, 0.2) is 33.2 Å². The Hall–Kier alpha value is -1.75. The van der Waals surface area contributed by atoms with E-state index in [0.717, 1.165) is 29.7 Å². The molecule has 0 bridgehead atoms. The maximum atomic E-state index is 12.7. The number of carbonyl (C=O) groups excluding carboxylic acids is 2. The second-order valence-corrected chi connectivity index (χ2v) is 9.79. The zero-order valence-corrected chi connectivity index (χ0v) is 17.2. The molecule has 0 aromatic carbocycles. The molecule has 3 rings (SSSR count). The highest BCUT2D eigenvalue weighted by Gasteiger charge is 2.32. The molecular weight excluding hydrogens is 408 g/mol. The molecule has 0 spiro atoms. The van der Waals surface area contributed by atoms with E-state index in [1.165, 1.54) is 15.3 Å². The number of likely N-dealkylation sites (N-methyl/N-ethyl adjacent to an activating group) is 1. The summed E-state index contributed by atoms with van der Waals surface area (Å²) in [6.45, 7) is 0.908. The molecule has 0 radical (unpaired) electrons. The van der Waals surface area contributed by atoms with E-state index < -0.39 is 22.6 Å². The van der Waals surface area contributed by atoms with Crippen molar-refractivity contribution in [3.8, 4) is 0 Å². The molecule has 7 nitrogen and oxygen atoms in total. The van der Waals surface area contributed by atoms with Gasteiger partial charge in [-0.25, -0.2) is 13.2 Å². The van der Waals surface area contributed by atoms with Gasteiger partial charge in [0.25, 0.3) is 5.91 Å². The average molecular weight is 429 g/mol. The van der Waals surface area contributed by atoms with Crippen molar-refractivity contribution in [3.63, 3.8) is 0 Å². The van der Waals surface area contributed by atoms with Crippen LogP contribution in [0.5, 0.6) is 0 Å². The van der Waals surface area contributed by atoms with Gasteiger partial charge >= 0.3 is 5.97 Å². The number of hydrogen-bond acceptors (Lipinski definition) is 7. The summed E-state index contributed by atoms with van der Waals surface area (Å²) < 4.78 is 31.9. The number of carbonyl (C=O) groups is 2. The highest BCUT2D eigenvalue weighted by atomic mass is 32.2. The number of thiophene rings is 2. The highest BCUT2D eigenvalue weighted by molar-refractivity contribution is 7.89. The van der Waals surface area contributed by atoms with Crippen LogP contribution >= 0.6 is 22.7 Å². The second-order valence-electron chi connectivity index (χ2n) is 6.18. The molecule has 3 heterocycles. The molecule has 0 unspecified atom stereocenters. The Morgan fingerprint density at radius 1 is 1.22 bits per heavy atom. The van der Waals surface area contributed by atoms with E-state index >= 15 is 0 Å². The van der Waals surface area contributed by atoms with Crippen molar-refractivity contribution in [2.45, 2.75) is 24.3 Å². The lowest BCUT2D eigenvalue weighted by molar-refractivity contribution is -0.133. The first-order chi connectivity index (χ1) is 12.9. The number of nitrogens with zero attached hydrogens (tertiary/aromatic N) is 2. The van der Waals surface area contributed by atoms with Crippen molar-refractivity contribution in [1.29, 1.82) is 0 Å². The van der Waals surface area contributed by atoms with Crippen LogP contribution in [-0.4, -0.2) is 56.2 Å². The summed E-state index contributed by atoms with van der Waals surface area (Å²) in [6.07, 6.45) is 1.63. The van der Waals surface area contributed by atoms with Crippen molar-refractivity contribution in [3.05, 3.63) is 38.7 Å². The quantitative estimate of drug-likeness (QED) is 0.633. The van der Waals surface area contributed by atoms with Gasteiger partial charge in [0.15, 0.2) is 6.61 Å². The molecule has 1 fully saturated rings. The molecule has 0 N–H and O–H groups in total. The van der Waals surface area contributed by atoms with Gasteiger partial charge in [0.05, 0.1) is 0 Å². The smallest absolute Gasteiger partial charge is 0.350 e. The predicted molar refractivity (Wildman–Crippen MR) is 103 cm³/mol. The number of amides is 1. The fraction of sp³-hybridized carbons (Fsp3) is 0.412. The van der Waals surface area contributed by atoms with Gasteiger partial charge in [-0.2, -0.15) is 15.6 Å². The third-order valence-corrected chi connectivity index (χ3v) is 7.95. The van der Waals surface area contributed by atoms with Crippen LogP contribution in [0.25, 0.3) is 0 Å². The van der Waals surface area contributed by atoms with Crippen molar-refractivity contribution in [2.75, 3.05) is 26.7 Å². The molecule has 1 amide bonds. The maximum absolute atomic E-state index is 12.7. The number of esters is 1. The molecule has 1 saturated heterocycles. The lowest BCUT2D eigenvalue weighted by atomic mass is 10.3. The summed E-state index contributed by atoms with van der Waals surface area (Å²) in [6, 6.07) is 3.33. The fourth-order valence-electron chi connectivity index (χ4n) is 2.76. The Labute approximate surface area is 166 Å². The van der Waals surface area contributed by atoms with E-state index in [1.807, 2.05) is 16.8 Å². The monoisotopic (exact) mass is 428 g/mol. The van der Waals surface area contributed by atoms with Gasteiger partial charge in [-0.1, -0.05) is 0 Å². The van der Waals surface area contributed by atoms with Crippen LogP contribution < -0.4 is 0 Å². The van der Waals surface area contributed by atoms with Crippen LogP contribution in [0.1, 0.15) is 28.1 Å². The minimum Gasteiger partial charge on any atom is -0.451 e. The molecule has 2 aromatic rings. The summed E-state index contributed by atoms with van der Waals surface area (Å²) in [5, 5.41) is 5.41. The van der Waals surface area contributed by atoms with Gasteiger partial charge in [-0.3, -0.25) is 4.79 Å². The Bertz CT molecular complexity index is 899. The number of rotatable bonds is 7. The Balaban J connectivity index is 1.62. The lowest BCUT2D eigenvalue weighted by Gasteiger charge is -2.17. The first-order valence-corrected chi connectivity index (χ1v) is 11.7. The molecule has 146 valence electrons. The van der Waals surface area contributed by atoms with Gasteiger partial charge in [0, 0.05) is 26.7 Å². The van der Waals surface area contributed by atoms with E-state index in [9.17, 15) is 18.0 Å². The van der Waals surface area contributed by atoms with Crippen molar-refractivity contribution >= 4 is 44.6 Å². The van der Waals surface area contributed by atoms with Crippen LogP contribution in [0, 0.1) is 0 Å². The van der Waals surface area contributed by atoms with Gasteiger partial charge in [0.2, 0.25) is 10.0 Å². The molecule has 1 aliphatic rings. The van der Waals surface area contributed by atoms with E-state index in [-0.39, 0.29) is 15.7 Å². The SMILES string of the molecule is CN(Cc1ccsc1)C(=O)COC(=O)c1sccc1S(=O)(=O)N1CCCC1. The standard InChI is InChI=1S/C17H20N2O5S3/c1-18(10-13-4-8-25-12-13)15(20)11-24-17(21)16-14(5-9-26-16)27(22,23)19-6-2-3-7-19/h4-5,8-9,12H,2-3,6-7,10-11H2,1H3. The highest BCUT2D eigenvalue weighted by Crippen LogP contribution is 2.28. The van der Waals surface area contributed by atoms with Gasteiger partial charge < -0.3 is 9.64 Å². The van der Waals surface area contributed by atoms with Gasteiger partial charge in [-0.15, -0.1) is 11.3 Å². The van der Waals surface area contributed by atoms with E-state index in [1.54, 1.807) is 23.8 Å². The van der Waals surface area contributed by atoms with Crippen molar-refractivity contribution in [2.24, 2.45) is 0 Å². The van der Waals surface area contributed by atoms with Crippen LogP contribution in [0.3, 0.4) is 0 Å². The van der Waals surface area contributed by atoms with Crippen molar-refractivity contribution in [1.82, 2.24) is 9.21 Å². The number of hydrogen-bond donors (Lipinski definition) is 0. The summed E-state index contributed by atoms with van der Waals surface area (Å²) in [5.41, 5.74) is 0.999.